The molecule has 0 unspecified atom stereocenters. The van der Waals surface area contributed by atoms with Crippen molar-refractivity contribution in [2.24, 2.45) is 5.73 Å². The molecule has 8 heteroatoms. The molecule has 0 saturated heterocycles. The van der Waals surface area contributed by atoms with Crippen molar-refractivity contribution in [3.05, 3.63) is 53.4 Å². The maximum absolute atomic E-state index is 13.5. The van der Waals surface area contributed by atoms with Gasteiger partial charge in [-0.1, -0.05) is 39.8 Å². The lowest BCUT2D eigenvalue weighted by molar-refractivity contribution is 0.100. The SMILES string of the molecule is CC(C)P(=O)(CCN(C)c1ccc(C(N)=O)c(-c2cc(-c3cccs3)ccc2N)n1)C(C)C. The standard InChI is InChI=1S/C25H33N4O2PS/c1-16(2)32(31,17(3)4)13-12-29(5)23-11-9-19(25(27)30)24(28-23)20-15-18(8-10-21(20)26)22-7-6-14-33-22/h6-11,14-17H,12-13,26H2,1-5H3,(H2,27,30). The average molecular weight is 485 g/mol. The zero-order chi connectivity index (χ0) is 24.3. The molecule has 0 bridgehead atoms. The third-order valence-electron chi connectivity index (χ3n) is 6.18. The van der Waals surface area contributed by atoms with E-state index in [1.165, 1.54) is 0 Å². The van der Waals surface area contributed by atoms with Crippen LogP contribution in [0.15, 0.2) is 47.8 Å². The van der Waals surface area contributed by atoms with Crippen molar-refractivity contribution in [2.45, 2.75) is 39.0 Å². The minimum Gasteiger partial charge on any atom is -0.398 e. The zero-order valence-corrected chi connectivity index (χ0v) is 21.6. The maximum Gasteiger partial charge on any atom is 0.250 e. The fourth-order valence-electron chi connectivity index (χ4n) is 3.96. The first-order valence-electron chi connectivity index (χ1n) is 11.1. The highest BCUT2D eigenvalue weighted by atomic mass is 32.1. The van der Waals surface area contributed by atoms with Gasteiger partial charge in [-0.15, -0.1) is 11.3 Å². The molecule has 0 radical (unpaired) electrons. The number of aromatic nitrogens is 1. The molecule has 1 amide bonds. The Morgan fingerprint density at radius 2 is 1.82 bits per heavy atom. The number of anilines is 2. The monoisotopic (exact) mass is 484 g/mol. The van der Waals surface area contributed by atoms with Crippen molar-refractivity contribution >= 4 is 35.9 Å². The van der Waals surface area contributed by atoms with Gasteiger partial charge in [-0.05, 0) is 41.3 Å². The lowest BCUT2D eigenvalue weighted by Gasteiger charge is -2.29. The van der Waals surface area contributed by atoms with E-state index in [2.05, 4.69) is 0 Å². The van der Waals surface area contributed by atoms with Crippen LogP contribution < -0.4 is 16.4 Å². The van der Waals surface area contributed by atoms with Gasteiger partial charge >= 0.3 is 0 Å². The molecule has 0 aliphatic rings. The predicted octanol–water partition coefficient (Wildman–Crippen LogP) is 5.77. The molecule has 176 valence electrons. The molecule has 4 N–H and O–H groups in total. The first-order valence-corrected chi connectivity index (χ1v) is 14.0. The second-order valence-electron chi connectivity index (χ2n) is 8.90. The van der Waals surface area contributed by atoms with Crippen molar-refractivity contribution in [3.63, 3.8) is 0 Å². The molecule has 2 heterocycles. The van der Waals surface area contributed by atoms with Gasteiger partial charge in [0.25, 0.3) is 5.91 Å². The van der Waals surface area contributed by atoms with Crippen LogP contribution in [0.1, 0.15) is 38.1 Å². The molecule has 0 atom stereocenters. The summed E-state index contributed by atoms with van der Waals surface area (Å²) in [7, 11) is -0.414. The molecule has 3 aromatic rings. The van der Waals surface area contributed by atoms with E-state index in [9.17, 15) is 9.36 Å². The summed E-state index contributed by atoms with van der Waals surface area (Å²) in [5.41, 5.74) is 15.2. The largest absolute Gasteiger partial charge is 0.398 e. The second kappa shape index (κ2) is 10.1. The first kappa shape index (κ1) is 25.0. The van der Waals surface area contributed by atoms with Crippen LogP contribution in [0.5, 0.6) is 0 Å². The molecule has 2 aromatic heterocycles. The zero-order valence-electron chi connectivity index (χ0n) is 19.9. The number of carbonyl (C=O) groups excluding carboxylic acids is 1. The Bertz CT molecular complexity index is 1160. The Balaban J connectivity index is 2.00. The molecular weight excluding hydrogens is 451 g/mol. The van der Waals surface area contributed by atoms with E-state index in [0.29, 0.717) is 41.0 Å². The number of rotatable bonds is 9. The Labute approximate surface area is 200 Å². The van der Waals surface area contributed by atoms with E-state index >= 15 is 0 Å². The van der Waals surface area contributed by atoms with E-state index in [0.717, 1.165) is 10.4 Å². The summed E-state index contributed by atoms with van der Waals surface area (Å²) in [4.78, 5) is 20.1. The lowest BCUT2D eigenvalue weighted by Crippen LogP contribution is -2.26. The van der Waals surface area contributed by atoms with Gasteiger partial charge in [-0.25, -0.2) is 4.98 Å². The van der Waals surface area contributed by atoms with E-state index in [-0.39, 0.29) is 11.3 Å². The highest BCUT2D eigenvalue weighted by Gasteiger charge is 2.30. The third kappa shape index (κ3) is 5.31. The van der Waals surface area contributed by atoms with Crippen LogP contribution in [0.2, 0.25) is 0 Å². The first-order chi connectivity index (χ1) is 15.5. The molecule has 6 nitrogen and oxygen atoms in total. The van der Waals surface area contributed by atoms with E-state index in [1.54, 1.807) is 23.5 Å². The number of amides is 1. The fourth-order valence-corrected chi connectivity index (χ4v) is 7.52. The topological polar surface area (TPSA) is 102 Å². The van der Waals surface area contributed by atoms with Crippen molar-refractivity contribution in [1.82, 2.24) is 4.98 Å². The van der Waals surface area contributed by atoms with Gasteiger partial charge in [-0.3, -0.25) is 4.79 Å². The quantitative estimate of drug-likeness (QED) is 0.296. The molecule has 0 saturated carbocycles. The van der Waals surface area contributed by atoms with E-state index in [4.69, 9.17) is 16.5 Å². The summed E-state index contributed by atoms with van der Waals surface area (Å²) in [6.07, 6.45) is 0.601. The van der Waals surface area contributed by atoms with Crippen molar-refractivity contribution in [1.29, 1.82) is 0 Å². The van der Waals surface area contributed by atoms with Crippen LogP contribution in [0.3, 0.4) is 0 Å². The van der Waals surface area contributed by atoms with E-state index < -0.39 is 13.0 Å². The minimum atomic E-state index is -2.34. The summed E-state index contributed by atoms with van der Waals surface area (Å²) in [6.45, 7) is 8.72. The number of hydrogen-bond donors (Lipinski definition) is 2. The summed E-state index contributed by atoms with van der Waals surface area (Å²) in [5.74, 6) is 0.117. The van der Waals surface area contributed by atoms with Crippen LogP contribution in [-0.4, -0.2) is 42.0 Å². The molecule has 1 aromatic carbocycles. The van der Waals surface area contributed by atoms with Crippen LogP contribution in [0.25, 0.3) is 21.7 Å². The van der Waals surface area contributed by atoms with Crippen molar-refractivity contribution in [2.75, 3.05) is 30.4 Å². The number of benzene rings is 1. The lowest BCUT2D eigenvalue weighted by atomic mass is 10.0. The highest BCUT2D eigenvalue weighted by molar-refractivity contribution is 7.65. The highest BCUT2D eigenvalue weighted by Crippen LogP contribution is 2.54. The summed E-state index contributed by atoms with van der Waals surface area (Å²) < 4.78 is 13.5. The van der Waals surface area contributed by atoms with Gasteiger partial charge in [0, 0.05) is 47.2 Å². The number of carbonyl (C=O) groups is 1. The molecule has 0 aliphatic heterocycles. The second-order valence-corrected chi connectivity index (χ2v) is 14.1. The van der Waals surface area contributed by atoms with Gasteiger partial charge in [-0.2, -0.15) is 0 Å². The Morgan fingerprint density at radius 3 is 2.39 bits per heavy atom. The molecule has 0 spiro atoms. The molecule has 0 fully saturated rings. The van der Waals surface area contributed by atoms with Crippen LogP contribution in [-0.2, 0) is 4.57 Å². The summed E-state index contributed by atoms with van der Waals surface area (Å²) >= 11 is 1.63. The average Bonchev–Trinajstić information content (AvgIpc) is 3.31. The minimum absolute atomic E-state index is 0.131. The molecule has 3 rings (SSSR count). The number of pyridine rings is 1. The van der Waals surface area contributed by atoms with Crippen LogP contribution in [0, 0.1) is 0 Å². The van der Waals surface area contributed by atoms with Crippen molar-refractivity contribution in [3.8, 4) is 21.7 Å². The summed E-state index contributed by atoms with van der Waals surface area (Å²) in [5, 5.41) is 2.01. The van der Waals surface area contributed by atoms with Crippen LogP contribution in [0.4, 0.5) is 11.5 Å². The normalized spacial score (nSPS) is 11.8. The molecule has 33 heavy (non-hydrogen) atoms. The van der Waals surface area contributed by atoms with Gasteiger partial charge in [0.05, 0.1) is 18.4 Å². The van der Waals surface area contributed by atoms with Crippen LogP contribution >= 0.6 is 18.5 Å². The number of hydrogen-bond acceptors (Lipinski definition) is 6. The Morgan fingerprint density at radius 1 is 1.12 bits per heavy atom. The third-order valence-corrected chi connectivity index (χ3v) is 11.5. The Kier molecular flexibility index (Phi) is 7.65. The van der Waals surface area contributed by atoms with E-state index in [1.807, 2.05) is 75.4 Å². The molecule has 0 aliphatic carbocycles. The fraction of sp³-hybridized carbons (Fsp3) is 0.360. The number of primary amides is 1. The number of nitrogen functional groups attached to an aromatic ring is 1. The number of nitrogens with two attached hydrogens (primary N) is 2. The van der Waals surface area contributed by atoms with Gasteiger partial charge < -0.3 is 20.9 Å². The van der Waals surface area contributed by atoms with Crippen molar-refractivity contribution < 1.29 is 9.36 Å². The van der Waals surface area contributed by atoms with Gasteiger partial charge in [0.1, 0.15) is 5.82 Å². The van der Waals surface area contributed by atoms with Gasteiger partial charge in [0.2, 0.25) is 0 Å². The number of thiophene rings is 1. The smallest absolute Gasteiger partial charge is 0.250 e. The predicted molar refractivity (Wildman–Crippen MR) is 142 cm³/mol. The van der Waals surface area contributed by atoms with Gasteiger partial charge in [0.15, 0.2) is 0 Å². The molecular formula is C25H33N4O2PS. The summed E-state index contributed by atoms with van der Waals surface area (Å²) in [6, 6.07) is 13.2. The maximum atomic E-state index is 13.5. The number of nitrogens with zero attached hydrogens (tertiary/aromatic N) is 2. The Hall–Kier alpha value is -2.63.